The molecule has 14 heavy (non-hydrogen) atoms. The SMILES string of the molecule is CCN1CCCC(N)C1c1nccs1. The fraction of sp³-hybridized carbons (Fsp3) is 0.700. The number of hydrogen-bond acceptors (Lipinski definition) is 4. The number of nitrogens with two attached hydrogens (primary N) is 1. The maximum Gasteiger partial charge on any atom is 0.111 e. The summed E-state index contributed by atoms with van der Waals surface area (Å²) in [6.07, 6.45) is 4.22. The van der Waals surface area contributed by atoms with Gasteiger partial charge in [-0.2, -0.15) is 0 Å². The third kappa shape index (κ3) is 1.82. The Morgan fingerprint density at radius 3 is 3.21 bits per heavy atom. The second kappa shape index (κ2) is 4.38. The lowest BCUT2D eigenvalue weighted by molar-refractivity contribution is 0.135. The van der Waals surface area contributed by atoms with E-state index < -0.39 is 0 Å². The zero-order valence-corrected chi connectivity index (χ0v) is 9.33. The van der Waals surface area contributed by atoms with Gasteiger partial charge in [-0.1, -0.05) is 6.92 Å². The summed E-state index contributed by atoms with van der Waals surface area (Å²) < 4.78 is 0. The molecule has 2 N–H and O–H groups in total. The van der Waals surface area contributed by atoms with Gasteiger partial charge in [-0.15, -0.1) is 11.3 Å². The van der Waals surface area contributed by atoms with E-state index in [0.717, 1.165) is 19.5 Å². The standard InChI is InChI=1S/C10H17N3S/c1-2-13-6-3-4-8(11)9(13)10-12-5-7-14-10/h5,7-9H,2-4,6,11H2,1H3. The zero-order valence-electron chi connectivity index (χ0n) is 8.52. The Kier molecular flexibility index (Phi) is 3.15. The smallest absolute Gasteiger partial charge is 0.111 e. The molecule has 3 nitrogen and oxygen atoms in total. The summed E-state index contributed by atoms with van der Waals surface area (Å²) in [5.74, 6) is 0. The van der Waals surface area contributed by atoms with E-state index >= 15 is 0 Å². The van der Waals surface area contributed by atoms with Crippen LogP contribution in [0, 0.1) is 0 Å². The van der Waals surface area contributed by atoms with Crippen molar-refractivity contribution < 1.29 is 0 Å². The van der Waals surface area contributed by atoms with Gasteiger partial charge in [-0.25, -0.2) is 4.98 Å². The van der Waals surface area contributed by atoms with E-state index in [4.69, 9.17) is 5.73 Å². The van der Waals surface area contributed by atoms with Crippen molar-refractivity contribution in [2.75, 3.05) is 13.1 Å². The lowest BCUT2D eigenvalue weighted by Crippen LogP contribution is -2.45. The lowest BCUT2D eigenvalue weighted by Gasteiger charge is -2.37. The van der Waals surface area contributed by atoms with Gasteiger partial charge in [0.15, 0.2) is 0 Å². The van der Waals surface area contributed by atoms with Crippen LogP contribution < -0.4 is 5.73 Å². The van der Waals surface area contributed by atoms with Gasteiger partial charge < -0.3 is 5.73 Å². The number of likely N-dealkylation sites (tertiary alicyclic amines) is 1. The minimum absolute atomic E-state index is 0.259. The molecular formula is C10H17N3S. The van der Waals surface area contributed by atoms with Gasteiger partial charge in [-0.3, -0.25) is 4.90 Å². The molecule has 0 saturated carbocycles. The van der Waals surface area contributed by atoms with Gasteiger partial charge in [0.05, 0.1) is 6.04 Å². The second-order valence-electron chi connectivity index (χ2n) is 3.75. The topological polar surface area (TPSA) is 42.1 Å². The molecule has 1 aliphatic heterocycles. The van der Waals surface area contributed by atoms with Crippen molar-refractivity contribution in [2.24, 2.45) is 5.73 Å². The normalized spacial score (nSPS) is 29.3. The number of hydrogen-bond donors (Lipinski definition) is 1. The molecule has 0 bridgehead atoms. The summed E-state index contributed by atoms with van der Waals surface area (Å²) in [7, 11) is 0. The molecule has 2 heterocycles. The fourth-order valence-corrected chi connectivity index (χ4v) is 3.02. The predicted molar refractivity (Wildman–Crippen MR) is 59.3 cm³/mol. The minimum atomic E-state index is 0.259. The molecule has 0 amide bonds. The Morgan fingerprint density at radius 2 is 2.57 bits per heavy atom. The highest BCUT2D eigenvalue weighted by Crippen LogP contribution is 2.30. The predicted octanol–water partition coefficient (Wildman–Crippen LogP) is 1.63. The average Bonchev–Trinajstić information content (AvgIpc) is 2.70. The van der Waals surface area contributed by atoms with Crippen molar-refractivity contribution >= 4 is 11.3 Å². The number of thiazole rings is 1. The number of rotatable bonds is 2. The van der Waals surface area contributed by atoms with E-state index in [1.807, 2.05) is 11.6 Å². The molecule has 1 aromatic heterocycles. The van der Waals surface area contributed by atoms with Crippen molar-refractivity contribution in [1.29, 1.82) is 0 Å². The van der Waals surface area contributed by atoms with Crippen molar-refractivity contribution in [1.82, 2.24) is 9.88 Å². The van der Waals surface area contributed by atoms with Crippen molar-refractivity contribution in [2.45, 2.75) is 31.8 Å². The molecule has 1 aliphatic rings. The van der Waals surface area contributed by atoms with Crippen molar-refractivity contribution in [3.8, 4) is 0 Å². The molecule has 0 aromatic carbocycles. The summed E-state index contributed by atoms with van der Waals surface area (Å²) in [4.78, 5) is 6.82. The molecular weight excluding hydrogens is 194 g/mol. The Hall–Kier alpha value is -0.450. The number of piperidine rings is 1. The van der Waals surface area contributed by atoms with Crippen LogP contribution in [-0.2, 0) is 0 Å². The average molecular weight is 211 g/mol. The molecule has 2 unspecified atom stereocenters. The van der Waals surface area contributed by atoms with E-state index in [-0.39, 0.29) is 6.04 Å². The van der Waals surface area contributed by atoms with E-state index in [9.17, 15) is 0 Å². The summed E-state index contributed by atoms with van der Waals surface area (Å²) in [6.45, 7) is 4.42. The third-order valence-corrected chi connectivity index (χ3v) is 3.74. The first kappa shape index (κ1) is 10.1. The van der Waals surface area contributed by atoms with Gasteiger partial charge in [-0.05, 0) is 25.9 Å². The van der Waals surface area contributed by atoms with Crippen LogP contribution in [0.4, 0.5) is 0 Å². The number of nitrogens with zero attached hydrogens (tertiary/aromatic N) is 2. The Bertz CT molecular complexity index is 273. The first-order valence-electron chi connectivity index (χ1n) is 5.22. The quantitative estimate of drug-likeness (QED) is 0.808. The molecule has 4 heteroatoms. The van der Waals surface area contributed by atoms with Crippen LogP contribution in [0.5, 0.6) is 0 Å². The first-order valence-corrected chi connectivity index (χ1v) is 6.10. The molecule has 0 spiro atoms. The molecule has 78 valence electrons. The minimum Gasteiger partial charge on any atom is -0.326 e. The largest absolute Gasteiger partial charge is 0.326 e. The first-order chi connectivity index (χ1) is 6.83. The monoisotopic (exact) mass is 211 g/mol. The zero-order chi connectivity index (χ0) is 9.97. The van der Waals surface area contributed by atoms with Gasteiger partial charge in [0.2, 0.25) is 0 Å². The summed E-state index contributed by atoms with van der Waals surface area (Å²) in [5, 5.41) is 3.21. The van der Waals surface area contributed by atoms with Gasteiger partial charge in [0.25, 0.3) is 0 Å². The molecule has 1 saturated heterocycles. The summed E-state index contributed by atoms with van der Waals surface area (Å²) in [6, 6.07) is 0.614. The second-order valence-corrected chi connectivity index (χ2v) is 4.68. The Balaban J connectivity index is 2.19. The lowest BCUT2D eigenvalue weighted by atomic mass is 9.97. The highest BCUT2D eigenvalue weighted by Gasteiger charge is 2.30. The summed E-state index contributed by atoms with van der Waals surface area (Å²) >= 11 is 1.72. The van der Waals surface area contributed by atoms with E-state index in [1.165, 1.54) is 11.4 Å². The van der Waals surface area contributed by atoms with Crippen molar-refractivity contribution in [3.63, 3.8) is 0 Å². The van der Waals surface area contributed by atoms with Crippen molar-refractivity contribution in [3.05, 3.63) is 16.6 Å². The Labute approximate surface area is 88.9 Å². The molecule has 1 fully saturated rings. The van der Waals surface area contributed by atoms with Crippen LogP contribution in [0.2, 0.25) is 0 Å². The van der Waals surface area contributed by atoms with Crippen LogP contribution in [0.3, 0.4) is 0 Å². The van der Waals surface area contributed by atoms with Gasteiger partial charge >= 0.3 is 0 Å². The Morgan fingerprint density at radius 1 is 1.71 bits per heavy atom. The van der Waals surface area contributed by atoms with Crippen LogP contribution in [0.25, 0.3) is 0 Å². The van der Waals surface area contributed by atoms with Crippen LogP contribution in [0.15, 0.2) is 11.6 Å². The maximum absolute atomic E-state index is 6.16. The highest BCUT2D eigenvalue weighted by molar-refractivity contribution is 7.09. The van der Waals surface area contributed by atoms with Crippen LogP contribution >= 0.6 is 11.3 Å². The summed E-state index contributed by atoms with van der Waals surface area (Å²) in [5.41, 5.74) is 6.16. The van der Waals surface area contributed by atoms with Crippen LogP contribution in [0.1, 0.15) is 30.8 Å². The van der Waals surface area contributed by atoms with E-state index in [0.29, 0.717) is 6.04 Å². The number of likely N-dealkylation sites (N-methyl/N-ethyl adjacent to an activating group) is 1. The molecule has 0 aliphatic carbocycles. The molecule has 0 radical (unpaired) electrons. The highest BCUT2D eigenvalue weighted by atomic mass is 32.1. The van der Waals surface area contributed by atoms with Gasteiger partial charge in [0.1, 0.15) is 5.01 Å². The van der Waals surface area contributed by atoms with Crippen LogP contribution in [-0.4, -0.2) is 29.0 Å². The third-order valence-electron chi connectivity index (χ3n) is 2.89. The van der Waals surface area contributed by atoms with E-state index in [2.05, 4.69) is 16.8 Å². The number of aromatic nitrogens is 1. The maximum atomic E-state index is 6.16. The van der Waals surface area contributed by atoms with E-state index in [1.54, 1.807) is 11.3 Å². The molecule has 2 rings (SSSR count). The fourth-order valence-electron chi connectivity index (χ4n) is 2.17. The molecule has 1 aromatic rings. The molecule has 2 atom stereocenters. The van der Waals surface area contributed by atoms with Gasteiger partial charge in [0, 0.05) is 17.6 Å².